The first-order chi connectivity index (χ1) is 5.35. The third kappa shape index (κ3) is 7.03. The highest BCUT2D eigenvalue weighted by Crippen LogP contribution is 2.07. The van der Waals surface area contributed by atoms with Crippen LogP contribution in [0.1, 0.15) is 39.5 Å². The molecule has 0 aromatic heterocycles. The smallest absolute Gasteiger partial charge is 0.0207 e. The van der Waals surface area contributed by atoms with E-state index in [0.717, 1.165) is 0 Å². The summed E-state index contributed by atoms with van der Waals surface area (Å²) >= 11 is 0. The van der Waals surface area contributed by atoms with Gasteiger partial charge in [-0.05, 0) is 18.3 Å². The molecule has 0 amide bonds. The zero-order valence-corrected chi connectivity index (χ0v) is 13.1. The zero-order valence-electron chi connectivity index (χ0n) is 8.53. The van der Waals surface area contributed by atoms with E-state index in [2.05, 4.69) is 13.8 Å². The average molecular weight is 205 g/mol. The van der Waals surface area contributed by atoms with E-state index in [1.54, 1.807) is 34.7 Å². The minimum absolute atomic E-state index is 0.0476. The van der Waals surface area contributed by atoms with Gasteiger partial charge in [0.05, 0.1) is 0 Å². The molecule has 0 atom stereocenters. The summed E-state index contributed by atoms with van der Waals surface area (Å²) in [6, 6.07) is 3.40. The van der Waals surface area contributed by atoms with E-state index in [-0.39, 0.29) is 8.31 Å². The highest BCUT2D eigenvalue weighted by Gasteiger charge is 2.05. The molecule has 0 rings (SSSR count). The summed E-state index contributed by atoms with van der Waals surface area (Å²) < 4.78 is 0. The molecule has 0 aromatic rings. The van der Waals surface area contributed by atoms with Gasteiger partial charge < -0.3 is 0 Å². The SMILES string of the molecule is CCCC[SiH](CCCC)[SiH2][SiH3]. The van der Waals surface area contributed by atoms with Crippen LogP contribution in [0.2, 0.25) is 12.1 Å². The highest BCUT2D eigenvalue weighted by molar-refractivity contribution is 7.31. The Morgan fingerprint density at radius 1 is 1.09 bits per heavy atom. The largest absolute Gasteiger partial charge is 0.0654 e. The van der Waals surface area contributed by atoms with Crippen molar-refractivity contribution in [3.63, 3.8) is 0 Å². The summed E-state index contributed by atoms with van der Waals surface area (Å²) in [5.41, 5.74) is 0. The average Bonchev–Trinajstić information content (AvgIpc) is 2.05. The van der Waals surface area contributed by atoms with Crippen molar-refractivity contribution < 1.29 is 0 Å². The molecule has 68 valence electrons. The van der Waals surface area contributed by atoms with E-state index in [9.17, 15) is 0 Å². The van der Waals surface area contributed by atoms with E-state index in [0.29, 0.717) is 8.55 Å². The molecular weight excluding hydrogens is 180 g/mol. The molecule has 0 aliphatic rings. The first-order valence-electron chi connectivity index (χ1n) is 5.35. The van der Waals surface area contributed by atoms with Gasteiger partial charge >= 0.3 is 0 Å². The molecule has 0 unspecified atom stereocenters. The van der Waals surface area contributed by atoms with Gasteiger partial charge in [0.15, 0.2) is 0 Å². The van der Waals surface area contributed by atoms with Crippen LogP contribution in [0.3, 0.4) is 0 Å². The van der Waals surface area contributed by atoms with Crippen LogP contribution in [0.25, 0.3) is 0 Å². The van der Waals surface area contributed by atoms with Crippen molar-refractivity contribution in [2.24, 2.45) is 0 Å². The maximum absolute atomic E-state index is 2.33. The van der Waals surface area contributed by atoms with E-state index < -0.39 is 0 Å². The molecule has 11 heavy (non-hydrogen) atoms. The molecule has 0 bridgehead atoms. The van der Waals surface area contributed by atoms with Gasteiger partial charge in [-0.25, -0.2) is 0 Å². The standard InChI is InChI=1S/C8H24Si3/c1-3-5-7-11(10-9)8-6-4-2/h11H,3-8,10H2,1-2,9H3. The van der Waals surface area contributed by atoms with Crippen LogP contribution in [-0.2, 0) is 0 Å². The Labute approximate surface area is 78.6 Å². The normalized spacial score (nSPS) is 12.3. The van der Waals surface area contributed by atoms with Gasteiger partial charge in [0.1, 0.15) is 0 Å². The number of hydrogen-bond donors (Lipinski definition) is 0. The fourth-order valence-corrected chi connectivity index (χ4v) is 16.1. The van der Waals surface area contributed by atoms with Gasteiger partial charge in [-0.15, -0.1) is 0 Å². The monoisotopic (exact) mass is 204 g/mol. The Balaban J connectivity index is 3.25. The summed E-state index contributed by atoms with van der Waals surface area (Å²) in [6.07, 6.45) is 5.98. The summed E-state index contributed by atoms with van der Waals surface area (Å²) in [6.45, 7) is 4.67. The maximum Gasteiger partial charge on any atom is 0.0207 e. The minimum Gasteiger partial charge on any atom is -0.0654 e. The second kappa shape index (κ2) is 8.74. The van der Waals surface area contributed by atoms with Gasteiger partial charge in [-0.1, -0.05) is 51.6 Å². The molecule has 0 aliphatic carbocycles. The molecule has 3 heteroatoms. The van der Waals surface area contributed by atoms with Gasteiger partial charge in [0.2, 0.25) is 0 Å². The maximum atomic E-state index is 2.33. The van der Waals surface area contributed by atoms with Crippen LogP contribution in [-0.4, -0.2) is 26.6 Å². The molecule has 0 saturated heterocycles. The fourth-order valence-electron chi connectivity index (χ4n) is 1.54. The topological polar surface area (TPSA) is 0 Å². The second-order valence-electron chi connectivity index (χ2n) is 3.56. The summed E-state index contributed by atoms with van der Waals surface area (Å²) in [5.74, 6) is 0. The Morgan fingerprint density at radius 3 is 1.82 bits per heavy atom. The second-order valence-corrected chi connectivity index (χ2v) is 20.5. The molecular formula is C8H24Si3. The molecule has 0 spiro atoms. The van der Waals surface area contributed by atoms with E-state index in [1.165, 1.54) is 12.8 Å². The van der Waals surface area contributed by atoms with Crippen molar-refractivity contribution in [3.8, 4) is 0 Å². The van der Waals surface area contributed by atoms with Crippen LogP contribution in [0.4, 0.5) is 0 Å². The van der Waals surface area contributed by atoms with Gasteiger partial charge in [-0.3, -0.25) is 0 Å². The first-order valence-corrected chi connectivity index (χ1v) is 15.9. The number of rotatable bonds is 7. The van der Waals surface area contributed by atoms with Crippen molar-refractivity contribution in [2.45, 2.75) is 51.6 Å². The predicted molar refractivity (Wildman–Crippen MR) is 65.1 cm³/mol. The Morgan fingerprint density at radius 2 is 1.55 bits per heavy atom. The van der Waals surface area contributed by atoms with Crippen molar-refractivity contribution in [2.75, 3.05) is 0 Å². The quantitative estimate of drug-likeness (QED) is 0.537. The summed E-state index contributed by atoms with van der Waals surface area (Å²) in [4.78, 5) is 0. The van der Waals surface area contributed by atoms with Gasteiger partial charge in [-0.2, -0.15) is 0 Å². The van der Waals surface area contributed by atoms with E-state index in [1.807, 2.05) is 0 Å². The lowest BCUT2D eigenvalue weighted by Crippen LogP contribution is -2.21. The van der Waals surface area contributed by atoms with Crippen LogP contribution in [0.5, 0.6) is 0 Å². The lowest BCUT2D eigenvalue weighted by Gasteiger charge is -2.10. The molecule has 0 saturated carbocycles. The molecule has 0 heterocycles. The molecule has 0 N–H and O–H groups in total. The van der Waals surface area contributed by atoms with Gasteiger partial charge in [0.25, 0.3) is 0 Å². The number of unbranched alkanes of at least 4 members (excludes halogenated alkanes) is 2. The van der Waals surface area contributed by atoms with E-state index >= 15 is 0 Å². The summed E-state index contributed by atoms with van der Waals surface area (Å²) in [5, 5.41) is 0. The number of hydrogen-bond acceptors (Lipinski definition) is 0. The minimum atomic E-state index is -0.0476. The Kier molecular flexibility index (Phi) is 9.26. The zero-order chi connectivity index (χ0) is 8.53. The Hall–Kier alpha value is 0.651. The third-order valence-corrected chi connectivity index (χ3v) is 22.4. The Bertz CT molecular complexity index is 67.7. The van der Waals surface area contributed by atoms with Crippen molar-refractivity contribution >= 4 is 26.6 Å². The highest BCUT2D eigenvalue weighted by atomic mass is 29.5. The van der Waals surface area contributed by atoms with E-state index in [4.69, 9.17) is 0 Å². The van der Waals surface area contributed by atoms with Crippen molar-refractivity contribution in [3.05, 3.63) is 0 Å². The molecule has 0 aromatic carbocycles. The van der Waals surface area contributed by atoms with Crippen LogP contribution in [0.15, 0.2) is 0 Å². The lowest BCUT2D eigenvalue weighted by molar-refractivity contribution is 0.848. The molecule has 0 nitrogen and oxygen atoms in total. The van der Waals surface area contributed by atoms with Crippen LogP contribution in [0, 0.1) is 0 Å². The van der Waals surface area contributed by atoms with Crippen molar-refractivity contribution in [1.82, 2.24) is 0 Å². The molecule has 0 radical (unpaired) electrons. The summed E-state index contributed by atoms with van der Waals surface area (Å²) in [7, 11) is 2.12. The third-order valence-electron chi connectivity index (χ3n) is 2.51. The van der Waals surface area contributed by atoms with Crippen molar-refractivity contribution in [1.29, 1.82) is 0 Å². The predicted octanol–water partition coefficient (Wildman–Crippen LogP) is 0.760. The van der Waals surface area contributed by atoms with Crippen LogP contribution < -0.4 is 0 Å². The fraction of sp³-hybridized carbons (Fsp3) is 1.00. The molecule has 0 fully saturated rings. The lowest BCUT2D eigenvalue weighted by atomic mass is 10.4. The van der Waals surface area contributed by atoms with Crippen LogP contribution >= 0.6 is 0 Å². The first kappa shape index (κ1) is 11.7. The molecule has 0 aliphatic heterocycles. The van der Waals surface area contributed by atoms with Gasteiger partial charge in [0, 0.05) is 8.31 Å².